The highest BCUT2D eigenvalue weighted by molar-refractivity contribution is 5.97. The van der Waals surface area contributed by atoms with E-state index in [0.29, 0.717) is 23.6 Å². The van der Waals surface area contributed by atoms with Crippen LogP contribution in [0.2, 0.25) is 0 Å². The first-order valence-corrected chi connectivity index (χ1v) is 10.2. The van der Waals surface area contributed by atoms with E-state index >= 15 is 0 Å². The molecule has 0 radical (unpaired) electrons. The maximum atomic E-state index is 12.8. The summed E-state index contributed by atoms with van der Waals surface area (Å²) in [6, 6.07) is 13.9. The van der Waals surface area contributed by atoms with Crippen LogP contribution in [0.4, 0.5) is 5.69 Å². The van der Waals surface area contributed by atoms with Crippen LogP contribution < -0.4 is 15.4 Å². The van der Waals surface area contributed by atoms with Gasteiger partial charge < -0.3 is 20.3 Å². The molecule has 2 aromatic carbocycles. The third-order valence-electron chi connectivity index (χ3n) is 5.46. The smallest absolute Gasteiger partial charge is 0.334 e. The van der Waals surface area contributed by atoms with Crippen molar-refractivity contribution in [2.24, 2.45) is 5.73 Å². The lowest BCUT2D eigenvalue weighted by atomic mass is 10.1. The molecule has 0 aliphatic carbocycles. The number of hydrogen-bond donors (Lipinski definition) is 3. The van der Waals surface area contributed by atoms with Crippen molar-refractivity contribution in [2.75, 3.05) is 25.0 Å². The maximum Gasteiger partial charge on any atom is 0.334 e. The fraction of sp³-hybridized carbons (Fsp3) is 0.348. The maximum absolute atomic E-state index is 12.8. The average molecular weight is 408 g/mol. The number of carbonyl (C=O) groups is 1. The minimum absolute atomic E-state index is 0.0135. The van der Waals surface area contributed by atoms with Crippen molar-refractivity contribution in [2.45, 2.75) is 32.2 Å². The molecule has 0 aromatic heterocycles. The third kappa shape index (κ3) is 4.79. The van der Waals surface area contributed by atoms with Crippen molar-refractivity contribution in [3.8, 4) is 5.75 Å². The second-order valence-electron chi connectivity index (χ2n) is 7.49. The van der Waals surface area contributed by atoms with Crippen LogP contribution in [0.15, 0.2) is 48.5 Å². The molecule has 1 aliphatic rings. The first-order chi connectivity index (χ1) is 14.4. The average Bonchev–Trinajstić information content (AvgIpc) is 3.29. The van der Waals surface area contributed by atoms with Gasteiger partial charge in [0.1, 0.15) is 23.5 Å². The van der Waals surface area contributed by atoms with Crippen LogP contribution in [-0.2, 0) is 4.79 Å². The lowest BCUT2D eigenvalue weighted by molar-refractivity contribution is -0.135. The Balaban J connectivity index is 1.68. The number of likely N-dealkylation sites (N-methyl/N-ethyl adjacent to an activating group) is 1. The van der Waals surface area contributed by atoms with Gasteiger partial charge in [0.25, 0.3) is 0 Å². The number of likely N-dealkylation sites (tertiary alicyclic amines) is 1. The van der Waals surface area contributed by atoms with Gasteiger partial charge in [-0.05, 0) is 55.7 Å². The van der Waals surface area contributed by atoms with E-state index in [-0.39, 0.29) is 11.8 Å². The van der Waals surface area contributed by atoms with E-state index in [1.807, 2.05) is 43.1 Å². The minimum Gasteiger partial charge on any atom is -0.425 e. The standard InChI is InChI=1S/C23H29N5O2/c1-3-20(27(2)18-8-6-7-17(15-18)21(24)25)23(29)30-19-11-9-16(10-12-19)22(26)28-13-4-5-14-28/h6-12,15,20,26H,3-5,13-14H2,1-2H3,(H3,24,25). The lowest BCUT2D eigenvalue weighted by Gasteiger charge is -2.28. The van der Waals surface area contributed by atoms with Gasteiger partial charge in [0, 0.05) is 37.0 Å². The van der Waals surface area contributed by atoms with Crippen LogP contribution >= 0.6 is 0 Å². The van der Waals surface area contributed by atoms with Gasteiger partial charge in [0.05, 0.1) is 0 Å². The molecule has 1 unspecified atom stereocenters. The first-order valence-electron chi connectivity index (χ1n) is 10.2. The lowest BCUT2D eigenvalue weighted by Crippen LogP contribution is -2.40. The summed E-state index contributed by atoms with van der Waals surface area (Å²) < 4.78 is 5.62. The van der Waals surface area contributed by atoms with Crippen LogP contribution in [0.25, 0.3) is 0 Å². The van der Waals surface area contributed by atoms with Gasteiger partial charge in [-0.2, -0.15) is 0 Å². The number of hydrogen-bond acceptors (Lipinski definition) is 5. The van der Waals surface area contributed by atoms with E-state index < -0.39 is 6.04 Å². The monoisotopic (exact) mass is 407 g/mol. The molecule has 1 saturated heterocycles. The highest BCUT2D eigenvalue weighted by atomic mass is 16.5. The second-order valence-corrected chi connectivity index (χ2v) is 7.49. The van der Waals surface area contributed by atoms with Gasteiger partial charge in [-0.3, -0.25) is 10.8 Å². The van der Waals surface area contributed by atoms with Gasteiger partial charge in [-0.1, -0.05) is 19.1 Å². The molecule has 1 aliphatic heterocycles. The summed E-state index contributed by atoms with van der Waals surface area (Å²) in [7, 11) is 1.83. The van der Waals surface area contributed by atoms with Crippen molar-refractivity contribution in [3.05, 3.63) is 59.7 Å². The van der Waals surface area contributed by atoms with Gasteiger partial charge >= 0.3 is 5.97 Å². The number of nitrogens with two attached hydrogens (primary N) is 1. The van der Waals surface area contributed by atoms with Gasteiger partial charge in [0.15, 0.2) is 0 Å². The number of esters is 1. The molecule has 30 heavy (non-hydrogen) atoms. The Hall–Kier alpha value is -3.35. The second kappa shape index (κ2) is 9.43. The third-order valence-corrected chi connectivity index (χ3v) is 5.46. The van der Waals surface area contributed by atoms with E-state index in [9.17, 15) is 4.79 Å². The zero-order valence-corrected chi connectivity index (χ0v) is 17.5. The Morgan fingerprint density at radius 2 is 1.80 bits per heavy atom. The van der Waals surface area contributed by atoms with Crippen LogP contribution in [-0.4, -0.2) is 48.7 Å². The predicted molar refractivity (Wildman–Crippen MR) is 120 cm³/mol. The van der Waals surface area contributed by atoms with E-state index in [1.165, 1.54) is 0 Å². The summed E-state index contributed by atoms with van der Waals surface area (Å²) in [5.41, 5.74) is 7.81. The van der Waals surface area contributed by atoms with Crippen LogP contribution in [0, 0.1) is 10.8 Å². The quantitative estimate of drug-likeness (QED) is 0.283. The number of anilines is 1. The minimum atomic E-state index is -0.477. The van der Waals surface area contributed by atoms with E-state index in [1.54, 1.807) is 24.3 Å². The van der Waals surface area contributed by atoms with Crippen LogP contribution in [0.1, 0.15) is 37.3 Å². The highest BCUT2D eigenvalue weighted by Crippen LogP contribution is 2.21. The summed E-state index contributed by atoms with van der Waals surface area (Å²) in [5.74, 6) is 0.611. The topological polar surface area (TPSA) is 107 Å². The molecule has 7 nitrogen and oxygen atoms in total. The van der Waals surface area contributed by atoms with Gasteiger partial charge in [-0.15, -0.1) is 0 Å². The van der Waals surface area contributed by atoms with Crippen molar-refractivity contribution in [1.29, 1.82) is 10.8 Å². The number of nitrogens with zero attached hydrogens (tertiary/aromatic N) is 2. The largest absolute Gasteiger partial charge is 0.425 e. The molecule has 2 aromatic rings. The summed E-state index contributed by atoms with van der Waals surface area (Å²) >= 11 is 0. The van der Waals surface area contributed by atoms with E-state index in [2.05, 4.69) is 4.90 Å². The Morgan fingerprint density at radius 3 is 2.40 bits per heavy atom. The number of benzene rings is 2. The zero-order valence-electron chi connectivity index (χ0n) is 17.5. The molecule has 1 heterocycles. The normalized spacial score (nSPS) is 14.3. The molecule has 3 rings (SSSR count). The Kier molecular flexibility index (Phi) is 6.72. The molecule has 1 fully saturated rings. The Labute approximate surface area is 177 Å². The highest BCUT2D eigenvalue weighted by Gasteiger charge is 2.24. The molecule has 0 saturated carbocycles. The SMILES string of the molecule is CCC(C(=O)Oc1ccc(C(=N)N2CCCC2)cc1)N(C)c1cccc(C(=N)N)c1. The molecule has 158 valence electrons. The molecule has 0 spiro atoms. The summed E-state index contributed by atoms with van der Waals surface area (Å²) in [6.45, 7) is 3.77. The summed E-state index contributed by atoms with van der Waals surface area (Å²) in [5, 5.41) is 15.9. The number of nitrogen functional groups attached to an aromatic ring is 1. The summed E-state index contributed by atoms with van der Waals surface area (Å²) in [6.07, 6.45) is 2.82. The molecule has 0 amide bonds. The molecule has 4 N–H and O–H groups in total. The molecular formula is C23H29N5O2. The van der Waals surface area contributed by atoms with Crippen molar-refractivity contribution < 1.29 is 9.53 Å². The number of nitrogens with one attached hydrogen (secondary N) is 2. The number of carbonyl (C=O) groups excluding carboxylic acids is 1. The molecule has 1 atom stereocenters. The number of amidine groups is 2. The van der Waals surface area contributed by atoms with Gasteiger partial charge in [-0.25, -0.2) is 4.79 Å². The number of rotatable bonds is 7. The predicted octanol–water partition coefficient (Wildman–Crippen LogP) is 3.21. The van der Waals surface area contributed by atoms with Crippen LogP contribution in [0.3, 0.4) is 0 Å². The zero-order chi connectivity index (χ0) is 21.7. The van der Waals surface area contributed by atoms with Crippen molar-refractivity contribution in [3.63, 3.8) is 0 Å². The van der Waals surface area contributed by atoms with Crippen molar-refractivity contribution >= 4 is 23.3 Å². The van der Waals surface area contributed by atoms with E-state index in [4.69, 9.17) is 21.3 Å². The van der Waals surface area contributed by atoms with E-state index in [0.717, 1.165) is 37.2 Å². The van der Waals surface area contributed by atoms with Crippen LogP contribution in [0.5, 0.6) is 5.75 Å². The van der Waals surface area contributed by atoms with Crippen molar-refractivity contribution in [1.82, 2.24) is 4.90 Å². The fourth-order valence-corrected chi connectivity index (χ4v) is 3.66. The molecular weight excluding hydrogens is 378 g/mol. The first kappa shape index (κ1) is 21.4. The Morgan fingerprint density at radius 1 is 1.13 bits per heavy atom. The Bertz CT molecular complexity index is 919. The summed E-state index contributed by atoms with van der Waals surface area (Å²) in [4.78, 5) is 16.7. The fourth-order valence-electron chi connectivity index (χ4n) is 3.66. The number of ether oxygens (including phenoxy) is 1. The molecule has 7 heteroatoms. The van der Waals surface area contributed by atoms with Gasteiger partial charge in [0.2, 0.25) is 0 Å². The molecule has 0 bridgehead atoms.